The topological polar surface area (TPSA) is 54.0 Å². The molecule has 3 rings (SSSR count). The van der Waals surface area contributed by atoms with Gasteiger partial charge in [-0.2, -0.15) is 0 Å². The van der Waals surface area contributed by atoms with Crippen LogP contribution >= 0.6 is 11.3 Å². The van der Waals surface area contributed by atoms with Crippen LogP contribution in [0.1, 0.15) is 12.5 Å². The molecule has 0 radical (unpaired) electrons. The summed E-state index contributed by atoms with van der Waals surface area (Å²) < 4.78 is 1.06. The lowest BCUT2D eigenvalue weighted by Crippen LogP contribution is -2.19. The lowest BCUT2D eigenvalue weighted by atomic mass is 10.1. The minimum Gasteiger partial charge on any atom is -0.308 e. The van der Waals surface area contributed by atoms with Crippen molar-refractivity contribution in [3.63, 3.8) is 0 Å². The van der Waals surface area contributed by atoms with Gasteiger partial charge in [0.15, 0.2) is 5.13 Å². The summed E-state index contributed by atoms with van der Waals surface area (Å²) in [6.45, 7) is 2.10. The Morgan fingerprint density at radius 1 is 1.10 bits per heavy atom. The second-order valence-electron chi connectivity index (χ2n) is 4.62. The minimum absolute atomic E-state index is 0.279. The molecule has 0 unspecified atom stereocenters. The van der Waals surface area contributed by atoms with Gasteiger partial charge >= 0.3 is 6.03 Å². The minimum atomic E-state index is -0.279. The van der Waals surface area contributed by atoms with E-state index in [0.29, 0.717) is 5.13 Å². The van der Waals surface area contributed by atoms with Gasteiger partial charge in [0.1, 0.15) is 0 Å². The number of rotatable bonds is 3. The van der Waals surface area contributed by atoms with Crippen molar-refractivity contribution in [1.82, 2.24) is 4.98 Å². The Morgan fingerprint density at radius 2 is 1.86 bits per heavy atom. The zero-order valence-corrected chi connectivity index (χ0v) is 12.4. The molecule has 3 aromatic rings. The van der Waals surface area contributed by atoms with Crippen molar-refractivity contribution in [2.75, 3.05) is 10.6 Å². The third-order valence-electron chi connectivity index (χ3n) is 3.13. The van der Waals surface area contributed by atoms with Gasteiger partial charge in [-0.3, -0.25) is 5.32 Å². The van der Waals surface area contributed by atoms with Crippen LogP contribution in [0.25, 0.3) is 10.2 Å². The van der Waals surface area contributed by atoms with E-state index in [1.54, 1.807) is 0 Å². The molecule has 0 saturated heterocycles. The summed E-state index contributed by atoms with van der Waals surface area (Å²) in [4.78, 5) is 16.3. The third-order valence-corrected chi connectivity index (χ3v) is 4.09. The summed E-state index contributed by atoms with van der Waals surface area (Å²) >= 11 is 1.46. The van der Waals surface area contributed by atoms with Gasteiger partial charge in [-0.05, 0) is 36.2 Å². The number of hydrogen-bond donors (Lipinski definition) is 2. The first-order chi connectivity index (χ1) is 10.2. The Kier molecular flexibility index (Phi) is 3.83. The first-order valence-corrected chi connectivity index (χ1v) is 7.59. The molecule has 2 N–H and O–H groups in total. The number of benzene rings is 2. The van der Waals surface area contributed by atoms with E-state index >= 15 is 0 Å². The molecule has 0 bridgehead atoms. The van der Waals surface area contributed by atoms with E-state index in [0.717, 1.165) is 22.3 Å². The number of aryl methyl sites for hydroxylation is 1. The molecule has 1 heterocycles. The lowest BCUT2D eigenvalue weighted by molar-refractivity contribution is 0.262. The smallest absolute Gasteiger partial charge is 0.308 e. The van der Waals surface area contributed by atoms with Gasteiger partial charge in [-0.15, -0.1) is 0 Å². The number of hydrogen-bond acceptors (Lipinski definition) is 3. The van der Waals surface area contributed by atoms with Gasteiger partial charge in [-0.1, -0.05) is 42.5 Å². The Hall–Kier alpha value is -2.40. The molecule has 5 heteroatoms. The van der Waals surface area contributed by atoms with Gasteiger partial charge in [0.05, 0.1) is 10.2 Å². The third kappa shape index (κ3) is 3.20. The molecular formula is C16H15N3OS. The van der Waals surface area contributed by atoms with Crippen LogP contribution in [-0.4, -0.2) is 11.0 Å². The van der Waals surface area contributed by atoms with Crippen molar-refractivity contribution in [2.45, 2.75) is 13.3 Å². The summed E-state index contributed by atoms with van der Waals surface area (Å²) in [7, 11) is 0. The maximum absolute atomic E-state index is 12.0. The van der Waals surface area contributed by atoms with Gasteiger partial charge in [0.25, 0.3) is 0 Å². The average Bonchev–Trinajstić information content (AvgIpc) is 2.90. The van der Waals surface area contributed by atoms with Gasteiger partial charge in [0.2, 0.25) is 0 Å². The highest BCUT2D eigenvalue weighted by molar-refractivity contribution is 7.22. The van der Waals surface area contributed by atoms with E-state index in [4.69, 9.17) is 0 Å². The first kappa shape index (κ1) is 13.6. The number of carbonyl (C=O) groups excluding carboxylic acids is 1. The monoisotopic (exact) mass is 297 g/mol. The maximum atomic E-state index is 12.0. The normalized spacial score (nSPS) is 10.5. The Balaban J connectivity index is 1.67. The number of carbonyl (C=O) groups is 1. The number of fused-ring (bicyclic) bond motifs is 1. The fourth-order valence-electron chi connectivity index (χ4n) is 2.01. The molecule has 0 spiro atoms. The van der Waals surface area contributed by atoms with Crippen LogP contribution in [0.5, 0.6) is 0 Å². The zero-order valence-electron chi connectivity index (χ0n) is 11.6. The van der Waals surface area contributed by atoms with E-state index < -0.39 is 0 Å². The number of anilines is 2. The van der Waals surface area contributed by atoms with Crippen LogP contribution in [0.3, 0.4) is 0 Å². The summed E-state index contributed by atoms with van der Waals surface area (Å²) in [5, 5.41) is 6.16. The van der Waals surface area contributed by atoms with E-state index in [9.17, 15) is 4.79 Å². The number of nitrogens with one attached hydrogen (secondary N) is 2. The van der Waals surface area contributed by atoms with Crippen LogP contribution in [-0.2, 0) is 6.42 Å². The molecule has 0 aliphatic carbocycles. The van der Waals surface area contributed by atoms with Crippen molar-refractivity contribution in [1.29, 1.82) is 0 Å². The van der Waals surface area contributed by atoms with E-state index in [2.05, 4.69) is 22.5 Å². The number of thiazole rings is 1. The molecule has 0 aliphatic heterocycles. The highest BCUT2D eigenvalue weighted by atomic mass is 32.1. The molecule has 1 aromatic heterocycles. The quantitative estimate of drug-likeness (QED) is 0.747. The molecule has 0 fully saturated rings. The highest BCUT2D eigenvalue weighted by Crippen LogP contribution is 2.25. The van der Waals surface area contributed by atoms with Crippen molar-refractivity contribution in [2.24, 2.45) is 0 Å². The van der Waals surface area contributed by atoms with Crippen molar-refractivity contribution in [3.05, 3.63) is 54.1 Å². The highest BCUT2D eigenvalue weighted by Gasteiger charge is 2.07. The second kappa shape index (κ2) is 5.93. The van der Waals surface area contributed by atoms with Gasteiger partial charge in [-0.25, -0.2) is 9.78 Å². The molecular weight excluding hydrogens is 282 g/mol. The molecule has 4 nitrogen and oxygen atoms in total. The fraction of sp³-hybridized carbons (Fsp3) is 0.125. The van der Waals surface area contributed by atoms with E-state index in [1.165, 1.54) is 16.9 Å². The van der Waals surface area contributed by atoms with Gasteiger partial charge in [0, 0.05) is 5.69 Å². The fourth-order valence-corrected chi connectivity index (χ4v) is 2.87. The van der Waals surface area contributed by atoms with Crippen LogP contribution in [0.2, 0.25) is 0 Å². The largest absolute Gasteiger partial charge is 0.325 e. The standard InChI is InChI=1S/C16H15N3OS/c1-2-11-7-9-12(10-8-11)17-15(20)19-16-18-13-5-3-4-6-14(13)21-16/h3-10H,2H2,1H3,(H2,17,18,19,20). The Morgan fingerprint density at radius 3 is 2.57 bits per heavy atom. The van der Waals surface area contributed by atoms with Crippen molar-refractivity contribution >= 4 is 38.4 Å². The summed E-state index contributed by atoms with van der Waals surface area (Å²) in [5.74, 6) is 0. The van der Waals surface area contributed by atoms with Crippen LogP contribution in [0, 0.1) is 0 Å². The van der Waals surface area contributed by atoms with E-state index in [-0.39, 0.29) is 6.03 Å². The predicted octanol–water partition coefficient (Wildman–Crippen LogP) is 4.50. The van der Waals surface area contributed by atoms with Crippen LogP contribution in [0.15, 0.2) is 48.5 Å². The molecule has 2 aromatic carbocycles. The van der Waals surface area contributed by atoms with Crippen LogP contribution < -0.4 is 10.6 Å². The summed E-state index contributed by atoms with van der Waals surface area (Å²) in [6.07, 6.45) is 0.984. The number of urea groups is 1. The summed E-state index contributed by atoms with van der Waals surface area (Å²) in [6, 6.07) is 15.3. The van der Waals surface area contributed by atoms with Crippen LogP contribution in [0.4, 0.5) is 15.6 Å². The lowest BCUT2D eigenvalue weighted by Gasteiger charge is -2.05. The van der Waals surface area contributed by atoms with Crippen molar-refractivity contribution in [3.8, 4) is 0 Å². The summed E-state index contributed by atoms with van der Waals surface area (Å²) in [5.41, 5.74) is 2.91. The van der Waals surface area contributed by atoms with E-state index in [1.807, 2.05) is 48.5 Å². The Bertz CT molecular complexity index is 732. The molecule has 0 aliphatic rings. The Labute approximate surface area is 126 Å². The zero-order chi connectivity index (χ0) is 14.7. The van der Waals surface area contributed by atoms with Crippen molar-refractivity contribution < 1.29 is 4.79 Å². The molecule has 21 heavy (non-hydrogen) atoms. The molecule has 0 atom stereocenters. The molecule has 2 amide bonds. The molecule has 0 saturated carbocycles. The predicted molar refractivity (Wildman–Crippen MR) is 88.1 cm³/mol. The second-order valence-corrected chi connectivity index (χ2v) is 5.65. The number of amides is 2. The number of aromatic nitrogens is 1. The number of para-hydroxylation sites is 1. The molecule has 106 valence electrons. The van der Waals surface area contributed by atoms with Gasteiger partial charge < -0.3 is 5.32 Å². The number of nitrogens with zero attached hydrogens (tertiary/aromatic N) is 1. The first-order valence-electron chi connectivity index (χ1n) is 6.77. The maximum Gasteiger partial charge on any atom is 0.325 e. The average molecular weight is 297 g/mol. The SMILES string of the molecule is CCc1ccc(NC(=O)Nc2nc3ccccc3s2)cc1.